The molecule has 0 saturated carbocycles. The Kier molecular flexibility index (Phi) is 4.39. The summed E-state index contributed by atoms with van der Waals surface area (Å²) in [5.74, 6) is -0.239. The number of hydrogen-bond acceptors (Lipinski definition) is 6. The Hall–Kier alpha value is -2.61. The molecule has 0 fully saturated rings. The molecule has 0 aliphatic rings. The Balaban J connectivity index is 1.76. The van der Waals surface area contributed by atoms with Gasteiger partial charge in [0.25, 0.3) is 5.91 Å². The summed E-state index contributed by atoms with van der Waals surface area (Å²) >= 11 is 1.31. The second-order valence-corrected chi connectivity index (χ2v) is 6.60. The summed E-state index contributed by atoms with van der Waals surface area (Å²) in [6.45, 7) is 5.67. The number of aryl methyl sites for hydroxylation is 1. The number of nitrogens with zero attached hydrogens (tertiary/aromatic N) is 3. The van der Waals surface area contributed by atoms with Crippen molar-refractivity contribution >= 4 is 22.4 Å². The Morgan fingerprint density at radius 2 is 2.08 bits per heavy atom. The Morgan fingerprint density at radius 1 is 1.29 bits per heavy atom. The van der Waals surface area contributed by atoms with E-state index in [4.69, 9.17) is 4.52 Å². The average Bonchev–Trinajstić information content (AvgIpc) is 3.19. The minimum Gasteiger partial charge on any atom is -0.355 e. The minimum atomic E-state index is -0.455. The minimum absolute atomic E-state index is 0.0901. The fourth-order valence-electron chi connectivity index (χ4n) is 1.94. The van der Waals surface area contributed by atoms with Gasteiger partial charge >= 0.3 is 0 Å². The Bertz CT molecular complexity index is 888. The molecule has 0 saturated heterocycles. The first kappa shape index (κ1) is 16.3. The van der Waals surface area contributed by atoms with Crippen molar-refractivity contribution in [3.05, 3.63) is 46.3 Å². The van der Waals surface area contributed by atoms with Crippen molar-refractivity contribution in [3.8, 4) is 11.3 Å². The normalized spacial score (nSPS) is 11.0. The second-order valence-electron chi connectivity index (χ2n) is 5.59. The molecule has 0 atom stereocenters. The molecule has 0 aliphatic carbocycles. The number of nitrogens with one attached hydrogen (secondary N) is 1. The van der Waals surface area contributed by atoms with Gasteiger partial charge in [-0.1, -0.05) is 42.5 Å². The van der Waals surface area contributed by atoms with Gasteiger partial charge in [-0.15, -0.1) is 10.2 Å². The zero-order valence-electron chi connectivity index (χ0n) is 13.3. The lowest BCUT2D eigenvalue weighted by atomic mass is 10.1. The van der Waals surface area contributed by atoms with Gasteiger partial charge in [0.05, 0.1) is 0 Å². The topological polar surface area (TPSA) is 80.9 Å². The van der Waals surface area contributed by atoms with Crippen LogP contribution in [0.5, 0.6) is 0 Å². The molecule has 0 bridgehead atoms. The van der Waals surface area contributed by atoms with Crippen LogP contribution in [0.4, 0.5) is 9.52 Å². The van der Waals surface area contributed by atoms with E-state index in [0.717, 1.165) is 5.01 Å². The van der Waals surface area contributed by atoms with Gasteiger partial charge in [-0.3, -0.25) is 10.1 Å². The molecule has 6 nitrogen and oxygen atoms in total. The van der Waals surface area contributed by atoms with Gasteiger partial charge < -0.3 is 4.52 Å². The molecule has 124 valence electrons. The van der Waals surface area contributed by atoms with Crippen LogP contribution in [0.2, 0.25) is 0 Å². The molecule has 2 aromatic heterocycles. The molecule has 0 radical (unpaired) electrons. The maximum absolute atomic E-state index is 13.6. The van der Waals surface area contributed by atoms with Crippen molar-refractivity contribution < 1.29 is 13.7 Å². The summed E-state index contributed by atoms with van der Waals surface area (Å²) in [6.07, 6.45) is 0. The van der Waals surface area contributed by atoms with Gasteiger partial charge in [-0.25, -0.2) is 4.39 Å². The lowest BCUT2D eigenvalue weighted by Crippen LogP contribution is -2.11. The summed E-state index contributed by atoms with van der Waals surface area (Å²) in [6, 6.07) is 6.16. The lowest BCUT2D eigenvalue weighted by Gasteiger charge is -1.98. The third-order valence-electron chi connectivity index (χ3n) is 3.35. The van der Waals surface area contributed by atoms with Crippen LogP contribution in [0, 0.1) is 12.7 Å². The lowest BCUT2D eigenvalue weighted by molar-refractivity contribution is 0.101. The van der Waals surface area contributed by atoms with Crippen LogP contribution in [0.25, 0.3) is 11.3 Å². The van der Waals surface area contributed by atoms with Crippen LogP contribution in [-0.4, -0.2) is 21.3 Å². The molecular weight excluding hydrogens is 331 g/mol. The van der Waals surface area contributed by atoms with Gasteiger partial charge in [0.1, 0.15) is 10.8 Å². The van der Waals surface area contributed by atoms with E-state index in [-0.39, 0.29) is 17.4 Å². The smallest absolute Gasteiger partial charge is 0.279 e. The summed E-state index contributed by atoms with van der Waals surface area (Å²) in [4.78, 5) is 12.2. The van der Waals surface area contributed by atoms with Gasteiger partial charge in [0.2, 0.25) is 5.13 Å². The Morgan fingerprint density at radius 3 is 2.75 bits per heavy atom. The van der Waals surface area contributed by atoms with E-state index in [9.17, 15) is 9.18 Å². The molecule has 1 aromatic carbocycles. The van der Waals surface area contributed by atoms with Crippen LogP contribution < -0.4 is 5.32 Å². The van der Waals surface area contributed by atoms with E-state index in [1.807, 2.05) is 13.8 Å². The highest BCUT2D eigenvalue weighted by atomic mass is 32.1. The molecule has 3 aromatic rings. The number of halogens is 1. The highest BCUT2D eigenvalue weighted by Gasteiger charge is 2.17. The highest BCUT2D eigenvalue weighted by Crippen LogP contribution is 2.25. The SMILES string of the molecule is Cc1ccc(-c2cc(C(=O)Nc3nnc(C(C)C)s3)no2)cc1F. The molecule has 0 spiro atoms. The number of rotatable bonds is 4. The van der Waals surface area contributed by atoms with Gasteiger partial charge in [0.15, 0.2) is 11.5 Å². The van der Waals surface area contributed by atoms with E-state index >= 15 is 0 Å². The molecule has 3 rings (SSSR count). The molecule has 0 aliphatic heterocycles. The Labute approximate surface area is 141 Å². The van der Waals surface area contributed by atoms with Crippen LogP contribution in [0.1, 0.15) is 40.8 Å². The third-order valence-corrected chi connectivity index (χ3v) is 4.49. The third kappa shape index (κ3) is 3.33. The van der Waals surface area contributed by atoms with E-state index in [1.165, 1.54) is 23.5 Å². The first-order valence-electron chi connectivity index (χ1n) is 7.32. The van der Waals surface area contributed by atoms with Crippen molar-refractivity contribution in [2.75, 3.05) is 5.32 Å². The van der Waals surface area contributed by atoms with Crippen LogP contribution in [-0.2, 0) is 0 Å². The zero-order valence-corrected chi connectivity index (χ0v) is 14.1. The zero-order chi connectivity index (χ0) is 17.3. The quantitative estimate of drug-likeness (QED) is 0.772. The van der Waals surface area contributed by atoms with Gasteiger partial charge in [-0.2, -0.15) is 0 Å². The standard InChI is InChI=1S/C16H15FN4O2S/c1-8(2)15-19-20-16(24-15)18-14(22)12-7-13(23-21-12)10-5-4-9(3)11(17)6-10/h4-8H,1-3H3,(H,18,20,22). The predicted molar refractivity (Wildman–Crippen MR) is 88.6 cm³/mol. The first-order chi connectivity index (χ1) is 11.4. The van der Waals surface area contributed by atoms with Crippen molar-refractivity contribution in [1.82, 2.24) is 15.4 Å². The fraction of sp³-hybridized carbons (Fsp3) is 0.250. The molecular formula is C16H15FN4O2S. The summed E-state index contributed by atoms with van der Waals surface area (Å²) < 4.78 is 18.8. The average molecular weight is 346 g/mol. The molecule has 2 heterocycles. The van der Waals surface area contributed by atoms with Crippen molar-refractivity contribution in [2.45, 2.75) is 26.7 Å². The molecule has 8 heteroatoms. The number of anilines is 1. The van der Waals surface area contributed by atoms with Crippen molar-refractivity contribution in [1.29, 1.82) is 0 Å². The molecule has 0 unspecified atom stereocenters. The van der Waals surface area contributed by atoms with E-state index in [0.29, 0.717) is 22.0 Å². The summed E-state index contributed by atoms with van der Waals surface area (Å²) in [7, 11) is 0. The van der Waals surface area contributed by atoms with E-state index < -0.39 is 5.91 Å². The number of benzene rings is 1. The largest absolute Gasteiger partial charge is 0.355 e. The first-order valence-corrected chi connectivity index (χ1v) is 8.13. The maximum Gasteiger partial charge on any atom is 0.279 e. The van der Waals surface area contributed by atoms with Gasteiger partial charge in [0, 0.05) is 17.5 Å². The number of aromatic nitrogens is 3. The molecule has 1 amide bonds. The van der Waals surface area contributed by atoms with Crippen molar-refractivity contribution in [2.24, 2.45) is 0 Å². The number of amides is 1. The number of carbonyl (C=O) groups excluding carboxylic acids is 1. The van der Waals surface area contributed by atoms with E-state index in [2.05, 4.69) is 20.7 Å². The molecule has 24 heavy (non-hydrogen) atoms. The van der Waals surface area contributed by atoms with Crippen LogP contribution in [0.3, 0.4) is 0 Å². The summed E-state index contributed by atoms with van der Waals surface area (Å²) in [5, 5.41) is 15.5. The second kappa shape index (κ2) is 6.48. The predicted octanol–water partition coefficient (Wildman–Crippen LogP) is 4.02. The fourth-order valence-corrected chi connectivity index (χ4v) is 2.68. The highest BCUT2D eigenvalue weighted by molar-refractivity contribution is 7.15. The van der Waals surface area contributed by atoms with Crippen LogP contribution in [0.15, 0.2) is 28.8 Å². The summed E-state index contributed by atoms with van der Waals surface area (Å²) in [5.41, 5.74) is 1.14. The number of carbonyl (C=O) groups is 1. The monoisotopic (exact) mass is 346 g/mol. The van der Waals surface area contributed by atoms with Gasteiger partial charge in [-0.05, 0) is 18.6 Å². The van der Waals surface area contributed by atoms with Crippen molar-refractivity contribution in [3.63, 3.8) is 0 Å². The maximum atomic E-state index is 13.6. The van der Waals surface area contributed by atoms with E-state index in [1.54, 1.807) is 19.1 Å². The molecule has 1 N–H and O–H groups in total. The van der Waals surface area contributed by atoms with Crippen LogP contribution >= 0.6 is 11.3 Å². The number of hydrogen-bond donors (Lipinski definition) is 1.